The van der Waals surface area contributed by atoms with E-state index in [4.69, 9.17) is 0 Å². The van der Waals surface area contributed by atoms with Crippen LogP contribution in [0, 0.1) is 5.92 Å². The Kier molecular flexibility index (Phi) is 6.44. The van der Waals surface area contributed by atoms with Gasteiger partial charge < -0.3 is 9.80 Å². The summed E-state index contributed by atoms with van der Waals surface area (Å²) in [4.78, 5) is 21.7. The lowest BCUT2D eigenvalue weighted by atomic mass is 9.89. The molecule has 0 N–H and O–H groups in total. The first-order valence-electron chi connectivity index (χ1n) is 11.1. The van der Waals surface area contributed by atoms with Gasteiger partial charge in [-0.3, -0.25) is 4.79 Å². The topological polar surface area (TPSA) is 70.0 Å². The molecule has 0 radical (unpaired) electrons. The summed E-state index contributed by atoms with van der Waals surface area (Å²) in [5.74, 6) is 0.263. The maximum Gasteiger partial charge on any atom is 0.251 e. The molecule has 0 bridgehead atoms. The number of rotatable bonds is 5. The number of thioether (sulfide) groups is 1. The van der Waals surface area contributed by atoms with Crippen LogP contribution >= 0.6 is 11.8 Å². The van der Waals surface area contributed by atoms with E-state index in [9.17, 15) is 13.2 Å². The van der Waals surface area contributed by atoms with E-state index >= 15 is 0 Å². The van der Waals surface area contributed by atoms with Crippen molar-refractivity contribution in [2.75, 3.05) is 34.4 Å². The van der Waals surface area contributed by atoms with Crippen LogP contribution < -0.4 is 9.80 Å². The van der Waals surface area contributed by atoms with E-state index in [0.717, 1.165) is 50.1 Å². The Morgan fingerprint density at radius 3 is 2.40 bits per heavy atom. The van der Waals surface area contributed by atoms with Gasteiger partial charge in [0.15, 0.2) is 15.0 Å². The second-order valence-electron chi connectivity index (χ2n) is 8.43. The van der Waals surface area contributed by atoms with Crippen molar-refractivity contribution in [3.05, 3.63) is 24.3 Å². The summed E-state index contributed by atoms with van der Waals surface area (Å²) in [6.45, 7) is 6.12. The molecule has 2 heterocycles. The molecule has 1 aromatic rings. The van der Waals surface area contributed by atoms with Crippen LogP contribution in [0.1, 0.15) is 46.0 Å². The summed E-state index contributed by atoms with van der Waals surface area (Å²) in [5, 5.41) is 0.612. The van der Waals surface area contributed by atoms with E-state index in [0.29, 0.717) is 5.17 Å². The lowest BCUT2D eigenvalue weighted by Crippen LogP contribution is -2.38. The summed E-state index contributed by atoms with van der Waals surface area (Å²) in [7, 11) is -3.06. The van der Waals surface area contributed by atoms with Gasteiger partial charge in [0, 0.05) is 35.6 Å². The minimum atomic E-state index is -3.06. The number of hydrogen-bond acceptors (Lipinski definition) is 5. The van der Waals surface area contributed by atoms with Gasteiger partial charge in [-0.25, -0.2) is 8.42 Å². The number of anilines is 2. The van der Waals surface area contributed by atoms with Crippen LogP contribution in [0.4, 0.5) is 11.4 Å². The molecule has 0 spiro atoms. The van der Waals surface area contributed by atoms with Crippen molar-refractivity contribution < 1.29 is 13.2 Å². The fourth-order valence-corrected chi connectivity index (χ4v) is 8.73. The van der Waals surface area contributed by atoms with Gasteiger partial charge in [-0.1, -0.05) is 31.0 Å². The molecule has 30 heavy (non-hydrogen) atoms. The number of carbonyl (C=O) groups is 1. The Hall–Kier alpha value is -1.54. The van der Waals surface area contributed by atoms with Gasteiger partial charge in [-0.2, -0.15) is 4.99 Å². The molecule has 0 aromatic heterocycles. The van der Waals surface area contributed by atoms with Gasteiger partial charge in [-0.05, 0) is 51.0 Å². The fourth-order valence-electron chi connectivity index (χ4n) is 4.81. The molecule has 6 nitrogen and oxygen atoms in total. The van der Waals surface area contributed by atoms with Gasteiger partial charge in [-0.15, -0.1) is 0 Å². The third-order valence-electron chi connectivity index (χ3n) is 6.48. The zero-order valence-electron chi connectivity index (χ0n) is 17.8. The number of sulfone groups is 1. The SMILES string of the molecule is CCN(CC)c1ccc(N2C(=NC(=O)C3CCCCC3)S[C@@H]3CS(=O)(=O)C[C@H]32)cc1. The highest BCUT2D eigenvalue weighted by Gasteiger charge is 2.49. The number of fused-ring (bicyclic) bond motifs is 1. The predicted octanol–water partition coefficient (Wildman–Crippen LogP) is 3.71. The zero-order valence-corrected chi connectivity index (χ0v) is 19.4. The zero-order chi connectivity index (χ0) is 21.3. The minimum Gasteiger partial charge on any atom is -0.372 e. The number of amides is 1. The summed E-state index contributed by atoms with van der Waals surface area (Å²) >= 11 is 1.46. The van der Waals surface area contributed by atoms with E-state index < -0.39 is 9.84 Å². The van der Waals surface area contributed by atoms with Crippen molar-refractivity contribution in [3.63, 3.8) is 0 Å². The normalized spacial score (nSPS) is 27.4. The molecule has 164 valence electrons. The highest BCUT2D eigenvalue weighted by atomic mass is 32.2. The van der Waals surface area contributed by atoms with Crippen molar-refractivity contribution in [1.29, 1.82) is 0 Å². The summed E-state index contributed by atoms with van der Waals surface area (Å²) in [5.41, 5.74) is 2.06. The van der Waals surface area contributed by atoms with Gasteiger partial charge >= 0.3 is 0 Å². The van der Waals surface area contributed by atoms with E-state index in [1.54, 1.807) is 0 Å². The lowest BCUT2D eigenvalue weighted by molar-refractivity contribution is -0.122. The largest absolute Gasteiger partial charge is 0.372 e. The van der Waals surface area contributed by atoms with E-state index in [1.807, 2.05) is 17.0 Å². The highest BCUT2D eigenvalue weighted by molar-refractivity contribution is 8.16. The van der Waals surface area contributed by atoms with Crippen LogP contribution in [0.3, 0.4) is 0 Å². The number of carbonyl (C=O) groups excluding carboxylic acids is 1. The van der Waals surface area contributed by atoms with Gasteiger partial charge in [0.2, 0.25) is 0 Å². The van der Waals surface area contributed by atoms with Crippen molar-refractivity contribution in [1.82, 2.24) is 0 Å². The summed E-state index contributed by atoms with van der Waals surface area (Å²) in [6.07, 6.45) is 5.21. The van der Waals surface area contributed by atoms with E-state index in [-0.39, 0.29) is 34.6 Å². The van der Waals surface area contributed by atoms with Crippen molar-refractivity contribution in [3.8, 4) is 0 Å². The average Bonchev–Trinajstić information content (AvgIpc) is 3.21. The fraction of sp³-hybridized carbons (Fsp3) is 0.636. The quantitative estimate of drug-likeness (QED) is 0.682. The average molecular weight is 450 g/mol. The first-order chi connectivity index (χ1) is 14.4. The molecule has 1 amide bonds. The van der Waals surface area contributed by atoms with Crippen molar-refractivity contribution >= 4 is 44.0 Å². The Labute approximate surface area is 184 Å². The molecule has 1 aliphatic carbocycles. The third kappa shape index (κ3) is 4.40. The third-order valence-corrected chi connectivity index (χ3v) is 9.69. The number of hydrogen-bond donors (Lipinski definition) is 0. The second-order valence-corrected chi connectivity index (χ2v) is 11.8. The van der Waals surface area contributed by atoms with Crippen molar-refractivity contribution in [2.45, 2.75) is 57.2 Å². The number of benzene rings is 1. The van der Waals surface area contributed by atoms with Gasteiger partial charge in [0.25, 0.3) is 5.91 Å². The summed E-state index contributed by atoms with van der Waals surface area (Å²) in [6, 6.07) is 8.05. The summed E-state index contributed by atoms with van der Waals surface area (Å²) < 4.78 is 24.5. The highest BCUT2D eigenvalue weighted by Crippen LogP contribution is 2.41. The van der Waals surface area contributed by atoms with Crippen LogP contribution in [-0.4, -0.2) is 55.4 Å². The Bertz CT molecular complexity index is 904. The molecule has 3 aliphatic rings. The monoisotopic (exact) mass is 449 g/mol. The van der Waals surface area contributed by atoms with Crippen LogP contribution in [0.2, 0.25) is 0 Å². The van der Waals surface area contributed by atoms with E-state index in [1.165, 1.54) is 18.2 Å². The van der Waals surface area contributed by atoms with Crippen LogP contribution in [0.25, 0.3) is 0 Å². The lowest BCUT2D eigenvalue weighted by Gasteiger charge is -2.27. The van der Waals surface area contributed by atoms with Gasteiger partial charge in [0.1, 0.15) is 0 Å². The maximum atomic E-state index is 12.8. The molecule has 1 saturated carbocycles. The number of amidine groups is 1. The number of aliphatic imine (C=N–C) groups is 1. The molecule has 2 saturated heterocycles. The van der Waals surface area contributed by atoms with Crippen LogP contribution in [0.15, 0.2) is 29.3 Å². The molecule has 3 fully saturated rings. The molecule has 4 rings (SSSR count). The Morgan fingerprint density at radius 2 is 1.77 bits per heavy atom. The smallest absolute Gasteiger partial charge is 0.251 e. The molecular weight excluding hydrogens is 418 g/mol. The molecule has 2 aliphatic heterocycles. The maximum absolute atomic E-state index is 12.8. The molecule has 8 heteroatoms. The first kappa shape index (κ1) is 21.7. The van der Waals surface area contributed by atoms with Crippen LogP contribution in [0.5, 0.6) is 0 Å². The Morgan fingerprint density at radius 1 is 1.10 bits per heavy atom. The first-order valence-corrected chi connectivity index (χ1v) is 13.8. The Balaban J connectivity index is 1.63. The molecule has 0 unspecified atom stereocenters. The number of nitrogens with zero attached hydrogens (tertiary/aromatic N) is 3. The second kappa shape index (κ2) is 8.91. The van der Waals surface area contributed by atoms with Gasteiger partial charge in [0.05, 0.1) is 17.5 Å². The molecular formula is C22H31N3O3S2. The molecule has 1 aromatic carbocycles. The van der Waals surface area contributed by atoms with Crippen LogP contribution in [-0.2, 0) is 14.6 Å². The minimum absolute atomic E-state index is 0.0166. The predicted molar refractivity (Wildman–Crippen MR) is 125 cm³/mol. The van der Waals surface area contributed by atoms with Crippen molar-refractivity contribution in [2.24, 2.45) is 10.9 Å². The molecule has 2 atom stereocenters. The van der Waals surface area contributed by atoms with E-state index in [2.05, 4.69) is 35.9 Å². The standard InChI is InChI=1S/C22H31N3O3S2/c1-3-24(4-2)17-10-12-18(13-11-17)25-19-14-30(27,28)15-20(19)29-22(25)23-21(26)16-8-6-5-7-9-16/h10-13,16,19-20H,3-9,14-15H2,1-2H3/t19-,20-/m1/s1.